The normalized spacial score (nSPS) is 12.8. The van der Waals surface area contributed by atoms with Gasteiger partial charge in [-0.15, -0.1) is 0 Å². The molecule has 2 aromatic heterocycles. The quantitative estimate of drug-likeness (QED) is 0.275. The maximum atomic E-state index is 12.1. The van der Waals surface area contributed by atoms with Crippen LogP contribution in [-0.4, -0.2) is 66.0 Å². The Bertz CT molecular complexity index is 1600. The van der Waals surface area contributed by atoms with Crippen LogP contribution in [0.25, 0.3) is 21.8 Å². The molecule has 0 spiro atoms. The van der Waals surface area contributed by atoms with Crippen molar-refractivity contribution in [2.24, 2.45) is 0 Å². The van der Waals surface area contributed by atoms with Crippen LogP contribution in [0.3, 0.4) is 0 Å². The number of likely N-dealkylation sites (N-methyl/N-ethyl adjacent to an activating group) is 1. The number of aromatic nitrogens is 2. The van der Waals surface area contributed by atoms with E-state index in [2.05, 4.69) is 30.1 Å². The highest BCUT2D eigenvalue weighted by atomic mass is 32.2. The van der Waals surface area contributed by atoms with Crippen LogP contribution in [0.5, 0.6) is 0 Å². The molecular formula is C25H33N5O4S2. The van der Waals surface area contributed by atoms with Gasteiger partial charge in [-0.05, 0) is 81.1 Å². The van der Waals surface area contributed by atoms with Gasteiger partial charge in [-0.2, -0.15) is 0 Å². The van der Waals surface area contributed by atoms with Gasteiger partial charge < -0.3 is 14.5 Å². The van der Waals surface area contributed by atoms with Crippen molar-refractivity contribution in [3.8, 4) is 0 Å². The molecule has 0 atom stereocenters. The molecule has 0 saturated heterocycles. The Morgan fingerprint density at radius 3 is 2.08 bits per heavy atom. The largest absolute Gasteiger partial charge is 0.361 e. The van der Waals surface area contributed by atoms with Crippen LogP contribution >= 0.6 is 0 Å². The van der Waals surface area contributed by atoms with E-state index in [1.807, 2.05) is 56.7 Å². The fraction of sp³-hybridized carbons (Fsp3) is 0.360. The molecule has 9 nitrogen and oxygen atoms in total. The van der Waals surface area contributed by atoms with Gasteiger partial charge in [0.2, 0.25) is 20.0 Å². The monoisotopic (exact) mass is 531 g/mol. The highest BCUT2D eigenvalue weighted by Gasteiger charge is 2.16. The first-order valence-electron chi connectivity index (χ1n) is 11.7. The topological polar surface area (TPSA) is 116 Å². The lowest BCUT2D eigenvalue weighted by atomic mass is 10.1. The molecule has 0 saturated carbocycles. The van der Waals surface area contributed by atoms with Crippen LogP contribution in [0.4, 0.5) is 0 Å². The predicted molar refractivity (Wildman–Crippen MR) is 145 cm³/mol. The first-order chi connectivity index (χ1) is 17.0. The number of hydrogen-bond donors (Lipinski definition) is 3. The minimum atomic E-state index is -3.37. The molecule has 3 N–H and O–H groups in total. The van der Waals surface area contributed by atoms with Crippen molar-refractivity contribution in [3.05, 3.63) is 71.0 Å². The molecule has 0 aliphatic rings. The molecule has 4 aromatic rings. The van der Waals surface area contributed by atoms with Crippen molar-refractivity contribution >= 4 is 41.9 Å². The summed E-state index contributed by atoms with van der Waals surface area (Å²) < 4.78 is 55.2. The third-order valence-corrected chi connectivity index (χ3v) is 9.04. The molecule has 0 amide bonds. The number of aromatic amines is 1. The molecule has 36 heavy (non-hydrogen) atoms. The van der Waals surface area contributed by atoms with Crippen LogP contribution in [-0.2, 0) is 44.5 Å². The maximum Gasteiger partial charge on any atom is 0.215 e. The summed E-state index contributed by atoms with van der Waals surface area (Å²) in [5.74, 6) is -0.151. The zero-order valence-corrected chi connectivity index (χ0v) is 22.6. The number of sulfonamides is 2. The van der Waals surface area contributed by atoms with Gasteiger partial charge in [0.1, 0.15) is 0 Å². The van der Waals surface area contributed by atoms with E-state index in [4.69, 9.17) is 0 Å². The minimum absolute atomic E-state index is 0.0709. The summed E-state index contributed by atoms with van der Waals surface area (Å²) in [5.41, 5.74) is 5.63. The van der Waals surface area contributed by atoms with Crippen molar-refractivity contribution in [1.29, 1.82) is 0 Å². The third-order valence-electron chi connectivity index (χ3n) is 6.36. The van der Waals surface area contributed by atoms with E-state index in [-0.39, 0.29) is 11.5 Å². The van der Waals surface area contributed by atoms with Crippen molar-refractivity contribution in [1.82, 2.24) is 23.9 Å². The second-order valence-electron chi connectivity index (χ2n) is 9.31. The van der Waals surface area contributed by atoms with E-state index in [1.54, 1.807) is 0 Å². The lowest BCUT2D eigenvalue weighted by Gasteiger charge is -2.08. The Balaban J connectivity index is 1.73. The molecule has 2 heterocycles. The van der Waals surface area contributed by atoms with Gasteiger partial charge in [-0.25, -0.2) is 26.3 Å². The van der Waals surface area contributed by atoms with Crippen LogP contribution in [0.1, 0.15) is 22.3 Å². The number of nitrogens with zero attached hydrogens (tertiary/aromatic N) is 2. The molecule has 0 aliphatic carbocycles. The van der Waals surface area contributed by atoms with E-state index < -0.39 is 20.0 Å². The standard InChI is InChI=1S/C25H33N5O4S2/c1-26-35(31,32)16-18-5-7-24-22(11-18)21(13-28-24)15-30-14-20(9-10-29(3)4)23-12-19(6-8-25(23)30)17-36(33,34)27-2/h5-8,11-14,26-28H,9-10,15-17H2,1-4H3. The average Bonchev–Trinajstić information content (AvgIpc) is 3.38. The number of H-pyrrole nitrogens is 1. The zero-order valence-electron chi connectivity index (χ0n) is 21.0. The number of benzene rings is 2. The highest BCUT2D eigenvalue weighted by Crippen LogP contribution is 2.28. The SMILES string of the molecule is CNS(=O)(=O)Cc1ccc2[nH]cc(Cn3cc(CCN(C)C)c4cc(CS(=O)(=O)NC)ccc43)c2c1. The molecule has 0 radical (unpaired) electrons. The smallest absolute Gasteiger partial charge is 0.215 e. The fourth-order valence-corrected chi connectivity index (χ4v) is 5.92. The van der Waals surface area contributed by atoms with Crippen molar-refractivity contribution < 1.29 is 16.8 Å². The minimum Gasteiger partial charge on any atom is -0.361 e. The molecule has 0 bridgehead atoms. The summed E-state index contributed by atoms with van der Waals surface area (Å²) in [5, 5.41) is 2.02. The summed E-state index contributed by atoms with van der Waals surface area (Å²) >= 11 is 0. The third kappa shape index (κ3) is 5.98. The molecule has 11 heteroatoms. The first kappa shape index (κ1) is 26.4. The Hall–Kier alpha value is -2.70. The van der Waals surface area contributed by atoms with E-state index >= 15 is 0 Å². The van der Waals surface area contributed by atoms with Gasteiger partial charge in [-0.3, -0.25) is 0 Å². The van der Waals surface area contributed by atoms with Gasteiger partial charge in [0.05, 0.1) is 11.5 Å². The Kier molecular flexibility index (Phi) is 7.58. The fourth-order valence-electron chi connectivity index (χ4n) is 4.39. The van der Waals surface area contributed by atoms with Crippen LogP contribution in [0, 0.1) is 0 Å². The molecule has 0 unspecified atom stereocenters. The van der Waals surface area contributed by atoms with Gasteiger partial charge >= 0.3 is 0 Å². The van der Waals surface area contributed by atoms with E-state index in [0.29, 0.717) is 6.54 Å². The van der Waals surface area contributed by atoms with Crippen LogP contribution < -0.4 is 9.44 Å². The molecular weight excluding hydrogens is 498 g/mol. The van der Waals surface area contributed by atoms with Gasteiger partial charge in [-0.1, -0.05) is 12.1 Å². The number of nitrogens with one attached hydrogen (secondary N) is 3. The zero-order chi connectivity index (χ0) is 26.1. The predicted octanol–water partition coefficient (Wildman–Crippen LogP) is 2.37. The Labute approximate surface area is 212 Å². The van der Waals surface area contributed by atoms with Crippen LogP contribution in [0.2, 0.25) is 0 Å². The Morgan fingerprint density at radius 1 is 0.861 bits per heavy atom. The summed E-state index contributed by atoms with van der Waals surface area (Å²) in [4.78, 5) is 5.41. The van der Waals surface area contributed by atoms with Gasteiger partial charge in [0, 0.05) is 47.3 Å². The maximum absolute atomic E-state index is 12.1. The summed E-state index contributed by atoms with van der Waals surface area (Å²) in [6.07, 6.45) is 4.93. The van der Waals surface area contributed by atoms with Crippen molar-refractivity contribution in [3.63, 3.8) is 0 Å². The second-order valence-corrected chi connectivity index (χ2v) is 13.2. The van der Waals surface area contributed by atoms with Crippen molar-refractivity contribution in [2.45, 2.75) is 24.5 Å². The molecule has 2 aromatic carbocycles. The van der Waals surface area contributed by atoms with Gasteiger partial charge in [0.25, 0.3) is 0 Å². The lowest BCUT2D eigenvalue weighted by Crippen LogP contribution is -2.20. The summed E-state index contributed by atoms with van der Waals surface area (Å²) in [6, 6.07) is 11.5. The summed E-state index contributed by atoms with van der Waals surface area (Å²) in [6.45, 7) is 1.46. The van der Waals surface area contributed by atoms with E-state index in [9.17, 15) is 16.8 Å². The molecule has 4 rings (SSSR count). The van der Waals surface area contributed by atoms with E-state index in [1.165, 1.54) is 14.1 Å². The Morgan fingerprint density at radius 2 is 1.47 bits per heavy atom. The summed E-state index contributed by atoms with van der Waals surface area (Å²) in [7, 11) is 0.156. The van der Waals surface area contributed by atoms with E-state index in [0.717, 1.165) is 57.0 Å². The number of hydrogen-bond acceptors (Lipinski definition) is 5. The molecule has 194 valence electrons. The van der Waals surface area contributed by atoms with Gasteiger partial charge in [0.15, 0.2) is 0 Å². The molecule has 0 aliphatic heterocycles. The number of rotatable bonds is 11. The number of fused-ring (bicyclic) bond motifs is 2. The van der Waals surface area contributed by atoms with Crippen LogP contribution in [0.15, 0.2) is 48.8 Å². The lowest BCUT2D eigenvalue weighted by molar-refractivity contribution is 0.414. The van der Waals surface area contributed by atoms with Crippen molar-refractivity contribution in [2.75, 3.05) is 34.7 Å². The highest BCUT2D eigenvalue weighted by molar-refractivity contribution is 7.88. The average molecular weight is 532 g/mol. The second kappa shape index (κ2) is 10.3. The molecule has 0 fully saturated rings. The first-order valence-corrected chi connectivity index (χ1v) is 15.0.